The Bertz CT molecular complexity index is 965. The Morgan fingerprint density at radius 3 is 1.97 bits per heavy atom. The smallest absolute Gasteiger partial charge is 0.240 e. The Kier molecular flexibility index (Phi) is 7.29. The van der Waals surface area contributed by atoms with E-state index in [2.05, 4.69) is 10.0 Å². The molecule has 158 valence electrons. The number of ether oxygens (including phenoxy) is 4. The fourth-order valence-electron chi connectivity index (χ4n) is 2.64. The van der Waals surface area contributed by atoms with Crippen molar-refractivity contribution >= 4 is 21.6 Å². The fourth-order valence-corrected chi connectivity index (χ4v) is 3.68. The Balaban J connectivity index is 2.29. The van der Waals surface area contributed by atoms with Gasteiger partial charge in [0.15, 0.2) is 11.5 Å². The topological polar surface area (TPSA) is 112 Å². The van der Waals surface area contributed by atoms with E-state index in [9.17, 15) is 13.2 Å². The lowest BCUT2D eigenvalue weighted by atomic mass is 10.2. The number of hydrogen-bond acceptors (Lipinski definition) is 7. The number of carbonyl (C=O) groups excluding carboxylic acids is 1. The van der Waals surface area contributed by atoms with Gasteiger partial charge in [0.1, 0.15) is 5.75 Å². The van der Waals surface area contributed by atoms with Gasteiger partial charge in [-0.15, -0.1) is 0 Å². The lowest BCUT2D eigenvalue weighted by Gasteiger charge is -2.15. The highest BCUT2D eigenvalue weighted by Gasteiger charge is 2.19. The minimum Gasteiger partial charge on any atom is -0.495 e. The van der Waals surface area contributed by atoms with Gasteiger partial charge < -0.3 is 24.3 Å². The molecule has 9 nitrogen and oxygen atoms in total. The van der Waals surface area contributed by atoms with Crippen LogP contribution in [0.5, 0.6) is 23.0 Å². The van der Waals surface area contributed by atoms with Crippen LogP contribution in [0.15, 0.2) is 35.2 Å². The number of hydrogen-bond donors (Lipinski definition) is 2. The van der Waals surface area contributed by atoms with Crippen molar-refractivity contribution in [2.45, 2.75) is 18.4 Å². The third-order valence-corrected chi connectivity index (χ3v) is 5.38. The van der Waals surface area contributed by atoms with Gasteiger partial charge in [-0.1, -0.05) is 0 Å². The molecule has 0 spiro atoms. The number of rotatable bonds is 9. The summed E-state index contributed by atoms with van der Waals surface area (Å²) in [7, 11) is 2.00. The first-order chi connectivity index (χ1) is 13.7. The molecule has 2 rings (SSSR count). The van der Waals surface area contributed by atoms with Gasteiger partial charge >= 0.3 is 0 Å². The first-order valence-electron chi connectivity index (χ1n) is 8.50. The van der Waals surface area contributed by atoms with Crippen LogP contribution < -0.4 is 29.0 Å². The van der Waals surface area contributed by atoms with Crippen molar-refractivity contribution in [3.05, 3.63) is 35.9 Å². The van der Waals surface area contributed by atoms with E-state index in [1.54, 1.807) is 12.1 Å². The maximum Gasteiger partial charge on any atom is 0.240 e. The van der Waals surface area contributed by atoms with E-state index < -0.39 is 10.0 Å². The van der Waals surface area contributed by atoms with Crippen LogP contribution in [0.3, 0.4) is 0 Å². The molecular formula is C19H24N2O7S. The molecule has 0 aliphatic heterocycles. The van der Waals surface area contributed by atoms with Gasteiger partial charge in [0.25, 0.3) is 0 Å². The monoisotopic (exact) mass is 424 g/mol. The summed E-state index contributed by atoms with van der Waals surface area (Å²) < 4.78 is 48.9. The zero-order chi connectivity index (χ0) is 21.6. The van der Waals surface area contributed by atoms with Crippen LogP contribution in [0.4, 0.5) is 5.69 Å². The molecular weight excluding hydrogens is 400 g/mol. The summed E-state index contributed by atoms with van der Waals surface area (Å²) in [6.07, 6.45) is 0. The number of sulfonamides is 1. The molecule has 0 fully saturated rings. The molecule has 0 saturated carbocycles. The predicted molar refractivity (Wildman–Crippen MR) is 107 cm³/mol. The Morgan fingerprint density at radius 1 is 0.897 bits per heavy atom. The summed E-state index contributed by atoms with van der Waals surface area (Å²) in [6, 6.07) is 7.50. The number of nitrogens with one attached hydrogen (secondary N) is 2. The highest BCUT2D eigenvalue weighted by Crippen LogP contribution is 2.38. The average Bonchev–Trinajstić information content (AvgIpc) is 2.70. The highest BCUT2D eigenvalue weighted by molar-refractivity contribution is 7.89. The molecule has 0 unspecified atom stereocenters. The number of carbonyl (C=O) groups is 1. The van der Waals surface area contributed by atoms with E-state index in [1.165, 1.54) is 53.6 Å². The quantitative estimate of drug-likeness (QED) is 0.634. The molecule has 0 aliphatic rings. The molecule has 0 aliphatic carbocycles. The maximum absolute atomic E-state index is 12.7. The molecule has 1 amide bonds. The zero-order valence-corrected chi connectivity index (χ0v) is 17.7. The zero-order valence-electron chi connectivity index (χ0n) is 16.9. The molecule has 2 aromatic rings. The van der Waals surface area contributed by atoms with Crippen molar-refractivity contribution in [2.24, 2.45) is 0 Å². The van der Waals surface area contributed by atoms with Crippen LogP contribution in [0.1, 0.15) is 12.5 Å². The fraction of sp³-hybridized carbons (Fsp3) is 0.316. The average molecular weight is 424 g/mol. The van der Waals surface area contributed by atoms with Crippen LogP contribution in [0.25, 0.3) is 0 Å². The number of benzene rings is 2. The van der Waals surface area contributed by atoms with Gasteiger partial charge in [-0.3, -0.25) is 4.79 Å². The third kappa shape index (κ3) is 5.30. The van der Waals surface area contributed by atoms with Crippen LogP contribution in [-0.4, -0.2) is 42.8 Å². The summed E-state index contributed by atoms with van der Waals surface area (Å²) in [5, 5.41) is 2.55. The van der Waals surface area contributed by atoms with E-state index in [0.717, 1.165) is 0 Å². The first kappa shape index (κ1) is 22.3. The number of methoxy groups -OCH3 is 4. The van der Waals surface area contributed by atoms with Crippen molar-refractivity contribution in [2.75, 3.05) is 33.8 Å². The molecule has 0 atom stereocenters. The van der Waals surface area contributed by atoms with Crippen molar-refractivity contribution < 1.29 is 32.2 Å². The first-order valence-corrected chi connectivity index (χ1v) is 9.98. The summed E-state index contributed by atoms with van der Waals surface area (Å²) in [5.41, 5.74) is 0.870. The third-order valence-electron chi connectivity index (χ3n) is 3.98. The standard InChI is InChI=1S/C19H24N2O7S/c1-12(22)21-15-10-14(6-7-16(15)25-2)29(23,24)20-11-13-8-17(26-3)19(28-5)18(9-13)27-4/h6-10,20H,11H2,1-5H3,(H,21,22). The summed E-state index contributed by atoms with van der Waals surface area (Å²) in [4.78, 5) is 11.3. The van der Waals surface area contributed by atoms with Gasteiger partial charge in [-0.25, -0.2) is 13.1 Å². The van der Waals surface area contributed by atoms with E-state index in [1.807, 2.05) is 0 Å². The van der Waals surface area contributed by atoms with Crippen molar-refractivity contribution in [3.63, 3.8) is 0 Å². The lowest BCUT2D eigenvalue weighted by molar-refractivity contribution is -0.114. The SMILES string of the molecule is COc1ccc(S(=O)(=O)NCc2cc(OC)c(OC)c(OC)c2)cc1NC(C)=O. The Hall–Kier alpha value is -2.98. The predicted octanol–water partition coefficient (Wildman–Crippen LogP) is 2.16. The Morgan fingerprint density at radius 2 is 1.48 bits per heavy atom. The van der Waals surface area contributed by atoms with Crippen LogP contribution in [0, 0.1) is 0 Å². The molecule has 0 bridgehead atoms. The molecule has 0 saturated heterocycles. The second kappa shape index (κ2) is 9.48. The van der Waals surface area contributed by atoms with Crippen molar-refractivity contribution in [1.29, 1.82) is 0 Å². The van der Waals surface area contributed by atoms with E-state index in [0.29, 0.717) is 28.6 Å². The van der Waals surface area contributed by atoms with Gasteiger partial charge in [-0.2, -0.15) is 0 Å². The summed E-state index contributed by atoms with van der Waals surface area (Å²) in [5.74, 6) is 1.25. The Labute approximate surface area is 170 Å². The van der Waals surface area contributed by atoms with E-state index in [-0.39, 0.29) is 23.0 Å². The van der Waals surface area contributed by atoms with Gasteiger partial charge in [0.05, 0.1) is 39.0 Å². The number of amides is 1. The van der Waals surface area contributed by atoms with Crippen LogP contribution in [0.2, 0.25) is 0 Å². The van der Waals surface area contributed by atoms with Crippen molar-refractivity contribution in [1.82, 2.24) is 4.72 Å². The molecule has 0 radical (unpaired) electrons. The van der Waals surface area contributed by atoms with E-state index >= 15 is 0 Å². The maximum atomic E-state index is 12.7. The largest absolute Gasteiger partial charge is 0.495 e. The van der Waals surface area contributed by atoms with Gasteiger partial charge in [0.2, 0.25) is 21.7 Å². The van der Waals surface area contributed by atoms with Crippen LogP contribution in [-0.2, 0) is 21.4 Å². The lowest BCUT2D eigenvalue weighted by Crippen LogP contribution is -2.23. The number of anilines is 1. The molecule has 0 heterocycles. The molecule has 2 N–H and O–H groups in total. The molecule has 29 heavy (non-hydrogen) atoms. The van der Waals surface area contributed by atoms with Gasteiger partial charge in [-0.05, 0) is 35.9 Å². The highest BCUT2D eigenvalue weighted by atomic mass is 32.2. The summed E-state index contributed by atoms with van der Waals surface area (Å²) in [6.45, 7) is 1.31. The second-order valence-corrected chi connectivity index (χ2v) is 7.67. The summed E-state index contributed by atoms with van der Waals surface area (Å²) >= 11 is 0. The second-order valence-electron chi connectivity index (χ2n) is 5.90. The normalized spacial score (nSPS) is 10.9. The minimum absolute atomic E-state index is 0.0133. The van der Waals surface area contributed by atoms with Gasteiger partial charge in [0, 0.05) is 13.5 Å². The van der Waals surface area contributed by atoms with Crippen molar-refractivity contribution in [3.8, 4) is 23.0 Å². The molecule has 0 aromatic heterocycles. The molecule has 10 heteroatoms. The van der Waals surface area contributed by atoms with E-state index in [4.69, 9.17) is 18.9 Å². The minimum atomic E-state index is -3.87. The van der Waals surface area contributed by atoms with Crippen LogP contribution >= 0.6 is 0 Å². The molecule has 2 aromatic carbocycles.